The fraction of sp³-hybridized carbons (Fsp3) is 0.0588. The van der Waals surface area contributed by atoms with Crippen molar-refractivity contribution in [2.24, 2.45) is 0 Å². The second kappa shape index (κ2) is 7.13. The zero-order valence-corrected chi connectivity index (χ0v) is 14.2. The third kappa shape index (κ3) is 3.91. The van der Waals surface area contributed by atoms with Gasteiger partial charge in [0.05, 0.1) is 16.3 Å². The molecule has 0 bridgehead atoms. The van der Waals surface area contributed by atoms with E-state index in [0.717, 1.165) is 10.6 Å². The SMILES string of the molecule is O=C(OCc1csc(-c2ccccc2)n1)c1cc(Cl)ccc1Cl. The minimum absolute atomic E-state index is 0.0883. The van der Waals surface area contributed by atoms with E-state index in [4.69, 9.17) is 27.9 Å². The number of thiazole rings is 1. The Bertz CT molecular complexity index is 834. The first kappa shape index (κ1) is 16.0. The van der Waals surface area contributed by atoms with Gasteiger partial charge in [-0.15, -0.1) is 11.3 Å². The van der Waals surface area contributed by atoms with Crippen molar-refractivity contribution in [1.29, 1.82) is 0 Å². The zero-order valence-electron chi connectivity index (χ0n) is 11.8. The maximum Gasteiger partial charge on any atom is 0.340 e. The van der Waals surface area contributed by atoms with Crippen LogP contribution in [0.3, 0.4) is 0 Å². The number of carbonyl (C=O) groups excluding carboxylic acids is 1. The molecule has 3 nitrogen and oxygen atoms in total. The summed E-state index contributed by atoms with van der Waals surface area (Å²) in [5.74, 6) is -0.522. The van der Waals surface area contributed by atoms with E-state index >= 15 is 0 Å². The number of benzene rings is 2. The molecular weight excluding hydrogens is 353 g/mol. The molecule has 0 spiro atoms. The summed E-state index contributed by atoms with van der Waals surface area (Å²) in [5, 5.41) is 3.50. The molecule has 3 aromatic rings. The Hall–Kier alpha value is -1.88. The van der Waals surface area contributed by atoms with Gasteiger partial charge in [-0.2, -0.15) is 0 Å². The second-order valence-corrected chi connectivity index (χ2v) is 6.41. The minimum Gasteiger partial charge on any atom is -0.456 e. The smallest absolute Gasteiger partial charge is 0.340 e. The maximum atomic E-state index is 12.1. The molecule has 2 aromatic carbocycles. The first-order valence-electron chi connectivity index (χ1n) is 6.75. The molecule has 1 heterocycles. The van der Waals surface area contributed by atoms with Crippen molar-refractivity contribution in [3.8, 4) is 10.6 Å². The van der Waals surface area contributed by atoms with Crippen LogP contribution < -0.4 is 0 Å². The lowest BCUT2D eigenvalue weighted by atomic mass is 10.2. The Morgan fingerprint density at radius 2 is 1.91 bits per heavy atom. The average Bonchev–Trinajstić information content (AvgIpc) is 3.05. The lowest BCUT2D eigenvalue weighted by Gasteiger charge is -2.05. The predicted molar refractivity (Wildman–Crippen MR) is 93.1 cm³/mol. The molecule has 0 saturated heterocycles. The van der Waals surface area contributed by atoms with Gasteiger partial charge in [0.25, 0.3) is 0 Å². The average molecular weight is 364 g/mol. The summed E-state index contributed by atoms with van der Waals surface area (Å²) in [4.78, 5) is 16.5. The highest BCUT2D eigenvalue weighted by Crippen LogP contribution is 2.25. The van der Waals surface area contributed by atoms with Crippen LogP contribution in [0.15, 0.2) is 53.9 Å². The van der Waals surface area contributed by atoms with E-state index in [2.05, 4.69) is 4.98 Å². The molecule has 23 heavy (non-hydrogen) atoms. The summed E-state index contributed by atoms with van der Waals surface area (Å²) in [6.45, 7) is 0.0883. The van der Waals surface area contributed by atoms with Gasteiger partial charge in [-0.3, -0.25) is 0 Å². The molecule has 0 radical (unpaired) electrons. The quantitative estimate of drug-likeness (QED) is 0.576. The summed E-state index contributed by atoms with van der Waals surface area (Å²) in [5.41, 5.74) is 1.98. The van der Waals surface area contributed by atoms with Crippen molar-refractivity contribution in [3.63, 3.8) is 0 Å². The number of carbonyl (C=O) groups is 1. The Morgan fingerprint density at radius 1 is 1.13 bits per heavy atom. The lowest BCUT2D eigenvalue weighted by molar-refractivity contribution is 0.0468. The topological polar surface area (TPSA) is 39.2 Å². The number of ether oxygens (including phenoxy) is 1. The molecule has 0 aliphatic heterocycles. The van der Waals surface area contributed by atoms with Gasteiger partial charge in [-0.25, -0.2) is 9.78 Å². The van der Waals surface area contributed by atoms with Crippen molar-refractivity contribution in [2.75, 3.05) is 0 Å². The summed E-state index contributed by atoms with van der Waals surface area (Å²) in [7, 11) is 0. The number of aromatic nitrogens is 1. The Labute approximate surface area is 147 Å². The van der Waals surface area contributed by atoms with E-state index in [0.29, 0.717) is 15.7 Å². The third-order valence-corrected chi connectivity index (χ3v) is 4.58. The van der Waals surface area contributed by atoms with E-state index in [9.17, 15) is 4.79 Å². The van der Waals surface area contributed by atoms with Crippen molar-refractivity contribution < 1.29 is 9.53 Å². The number of hydrogen-bond donors (Lipinski definition) is 0. The van der Waals surface area contributed by atoms with Gasteiger partial charge < -0.3 is 4.74 Å². The van der Waals surface area contributed by atoms with Crippen LogP contribution in [0.4, 0.5) is 0 Å². The fourth-order valence-electron chi connectivity index (χ4n) is 1.96. The number of esters is 1. The van der Waals surface area contributed by atoms with Gasteiger partial charge in [0.1, 0.15) is 11.6 Å². The van der Waals surface area contributed by atoms with Crippen molar-refractivity contribution in [1.82, 2.24) is 4.98 Å². The Kier molecular flexibility index (Phi) is 4.96. The number of halogens is 2. The molecule has 0 aliphatic carbocycles. The molecule has 0 aliphatic rings. The van der Waals surface area contributed by atoms with Crippen LogP contribution in [0.2, 0.25) is 10.0 Å². The third-order valence-electron chi connectivity index (χ3n) is 3.07. The van der Waals surface area contributed by atoms with Crippen LogP contribution in [0.1, 0.15) is 16.1 Å². The molecule has 3 rings (SSSR count). The highest BCUT2D eigenvalue weighted by Gasteiger charge is 2.14. The summed E-state index contributed by atoms with van der Waals surface area (Å²) in [6, 6.07) is 14.5. The number of rotatable bonds is 4. The molecule has 116 valence electrons. The van der Waals surface area contributed by atoms with E-state index in [-0.39, 0.29) is 12.2 Å². The van der Waals surface area contributed by atoms with Crippen LogP contribution >= 0.6 is 34.5 Å². The highest BCUT2D eigenvalue weighted by atomic mass is 35.5. The van der Waals surface area contributed by atoms with E-state index in [1.54, 1.807) is 12.1 Å². The summed E-state index contributed by atoms with van der Waals surface area (Å²) in [6.07, 6.45) is 0. The first-order chi connectivity index (χ1) is 11.1. The van der Waals surface area contributed by atoms with Gasteiger partial charge in [0, 0.05) is 16.0 Å². The maximum absolute atomic E-state index is 12.1. The standard InChI is InChI=1S/C17H11Cl2NO2S/c18-12-6-7-15(19)14(8-12)17(21)22-9-13-10-23-16(20-13)11-4-2-1-3-5-11/h1-8,10H,9H2. The van der Waals surface area contributed by atoms with E-state index in [1.807, 2.05) is 35.7 Å². The van der Waals surface area contributed by atoms with Gasteiger partial charge >= 0.3 is 5.97 Å². The van der Waals surface area contributed by atoms with Gasteiger partial charge in [-0.05, 0) is 18.2 Å². The molecule has 0 saturated carbocycles. The molecule has 6 heteroatoms. The Morgan fingerprint density at radius 3 is 2.70 bits per heavy atom. The molecule has 0 atom stereocenters. The Balaban J connectivity index is 1.68. The number of nitrogens with zero attached hydrogens (tertiary/aromatic N) is 1. The molecular formula is C17H11Cl2NO2S. The molecule has 0 fully saturated rings. The van der Waals surface area contributed by atoms with Crippen LogP contribution in [0, 0.1) is 0 Å². The summed E-state index contributed by atoms with van der Waals surface area (Å²) < 4.78 is 5.26. The zero-order chi connectivity index (χ0) is 16.2. The van der Waals surface area contributed by atoms with E-state index in [1.165, 1.54) is 17.4 Å². The number of hydrogen-bond acceptors (Lipinski definition) is 4. The molecule has 1 aromatic heterocycles. The van der Waals surface area contributed by atoms with Crippen LogP contribution in [-0.4, -0.2) is 11.0 Å². The van der Waals surface area contributed by atoms with Gasteiger partial charge in [0.15, 0.2) is 0 Å². The van der Waals surface area contributed by atoms with Crippen molar-refractivity contribution in [2.45, 2.75) is 6.61 Å². The largest absolute Gasteiger partial charge is 0.456 e. The normalized spacial score (nSPS) is 10.5. The lowest BCUT2D eigenvalue weighted by Crippen LogP contribution is -2.06. The molecule has 0 unspecified atom stereocenters. The minimum atomic E-state index is -0.522. The molecule has 0 amide bonds. The highest BCUT2D eigenvalue weighted by molar-refractivity contribution is 7.13. The second-order valence-electron chi connectivity index (χ2n) is 4.71. The molecule has 0 N–H and O–H groups in total. The van der Waals surface area contributed by atoms with Gasteiger partial charge in [-0.1, -0.05) is 53.5 Å². The van der Waals surface area contributed by atoms with Crippen LogP contribution in [-0.2, 0) is 11.3 Å². The summed E-state index contributed by atoms with van der Waals surface area (Å²) >= 11 is 13.4. The first-order valence-corrected chi connectivity index (χ1v) is 8.39. The van der Waals surface area contributed by atoms with Crippen molar-refractivity contribution >= 4 is 40.5 Å². The van der Waals surface area contributed by atoms with Gasteiger partial charge in [0.2, 0.25) is 0 Å². The predicted octanol–water partition coefficient (Wildman–Crippen LogP) is 5.47. The van der Waals surface area contributed by atoms with Crippen LogP contribution in [0.5, 0.6) is 0 Å². The van der Waals surface area contributed by atoms with Crippen molar-refractivity contribution in [3.05, 3.63) is 75.2 Å². The monoisotopic (exact) mass is 363 g/mol. The fourth-order valence-corrected chi connectivity index (χ4v) is 3.14. The van der Waals surface area contributed by atoms with E-state index < -0.39 is 5.97 Å². The van der Waals surface area contributed by atoms with Crippen LogP contribution in [0.25, 0.3) is 10.6 Å².